The number of amides is 1. The first-order valence-corrected chi connectivity index (χ1v) is 13.1. The minimum Gasteiger partial charge on any atom is -0.489 e. The van der Waals surface area contributed by atoms with Gasteiger partial charge in [-0.05, 0) is 50.3 Å². The zero-order chi connectivity index (χ0) is 25.7. The predicted octanol–water partition coefficient (Wildman–Crippen LogP) is 4.12. The van der Waals surface area contributed by atoms with Crippen LogP contribution in [0.25, 0.3) is 33.6 Å². The Hall–Kier alpha value is -3.46. The third-order valence-corrected chi connectivity index (χ3v) is 7.35. The van der Waals surface area contributed by atoms with Gasteiger partial charge >= 0.3 is 0 Å². The molecule has 4 heterocycles. The smallest absolute Gasteiger partial charge is 0.255 e. The van der Waals surface area contributed by atoms with E-state index >= 15 is 0 Å². The van der Waals surface area contributed by atoms with E-state index < -0.39 is 12.8 Å². The molecule has 9 heteroatoms. The van der Waals surface area contributed by atoms with Crippen LogP contribution in [0.4, 0.5) is 4.39 Å². The number of hydrogen-bond acceptors (Lipinski definition) is 5. The summed E-state index contributed by atoms with van der Waals surface area (Å²) in [5.74, 6) is 2.05. The molecule has 8 nitrogen and oxygen atoms in total. The van der Waals surface area contributed by atoms with E-state index in [-0.39, 0.29) is 12.5 Å². The Morgan fingerprint density at radius 2 is 2.08 bits per heavy atom. The summed E-state index contributed by atoms with van der Waals surface area (Å²) in [6.45, 7) is 3.34. The summed E-state index contributed by atoms with van der Waals surface area (Å²) in [7, 11) is 1.96. The monoisotopic (exact) mass is 505 g/mol. The summed E-state index contributed by atoms with van der Waals surface area (Å²) in [5, 5.41) is 10.8. The van der Waals surface area contributed by atoms with E-state index in [0.717, 1.165) is 46.1 Å². The molecule has 6 rings (SSSR count). The van der Waals surface area contributed by atoms with Crippen LogP contribution in [0.1, 0.15) is 42.2 Å². The quantitative estimate of drug-likeness (QED) is 0.370. The number of rotatable bonds is 9. The minimum absolute atomic E-state index is 0.0981. The van der Waals surface area contributed by atoms with Crippen LogP contribution < -0.4 is 4.74 Å². The highest BCUT2D eigenvalue weighted by Gasteiger charge is 2.29. The zero-order valence-corrected chi connectivity index (χ0v) is 21.3. The van der Waals surface area contributed by atoms with Gasteiger partial charge in [0.05, 0.1) is 35.2 Å². The largest absolute Gasteiger partial charge is 0.489 e. The van der Waals surface area contributed by atoms with Gasteiger partial charge in [-0.2, -0.15) is 0 Å². The second-order valence-corrected chi connectivity index (χ2v) is 10.3. The van der Waals surface area contributed by atoms with Crippen molar-refractivity contribution in [2.45, 2.75) is 45.3 Å². The van der Waals surface area contributed by atoms with Crippen LogP contribution in [0.5, 0.6) is 5.75 Å². The molecule has 0 radical (unpaired) electrons. The van der Waals surface area contributed by atoms with Crippen LogP contribution in [0.15, 0.2) is 30.3 Å². The maximum atomic E-state index is 13.1. The van der Waals surface area contributed by atoms with E-state index in [1.54, 1.807) is 11.8 Å². The molecule has 194 valence electrons. The average Bonchev–Trinajstić information content (AvgIpc) is 3.56. The topological polar surface area (TPSA) is 85.4 Å². The Bertz CT molecular complexity index is 1490. The first-order chi connectivity index (χ1) is 17.9. The third kappa shape index (κ3) is 4.35. The summed E-state index contributed by atoms with van der Waals surface area (Å²) < 4.78 is 23.0. The van der Waals surface area contributed by atoms with Crippen LogP contribution in [-0.2, 0) is 20.0 Å². The Morgan fingerprint density at radius 1 is 1.24 bits per heavy atom. The fraction of sp³-hybridized carbons (Fsp3) is 0.464. The van der Waals surface area contributed by atoms with Crippen molar-refractivity contribution in [2.24, 2.45) is 13.0 Å². The number of aromatic nitrogens is 4. The molecule has 1 saturated carbocycles. The summed E-state index contributed by atoms with van der Waals surface area (Å²) >= 11 is 0. The summed E-state index contributed by atoms with van der Waals surface area (Å²) in [6.07, 6.45) is 2.84. The van der Waals surface area contributed by atoms with Gasteiger partial charge in [0.15, 0.2) is 11.5 Å². The molecule has 4 aromatic rings. The van der Waals surface area contributed by atoms with Gasteiger partial charge in [0.1, 0.15) is 17.9 Å². The number of nitrogens with zero attached hydrogens (tertiary/aromatic N) is 5. The normalized spacial score (nSPS) is 16.5. The number of para-hydroxylation sites is 1. The second-order valence-electron chi connectivity index (χ2n) is 10.3. The molecule has 0 bridgehead atoms. The number of benzene rings is 1. The van der Waals surface area contributed by atoms with Gasteiger partial charge in [0.2, 0.25) is 0 Å². The number of carbonyl (C=O) groups is 1. The van der Waals surface area contributed by atoms with Crippen LogP contribution in [0.2, 0.25) is 0 Å². The highest BCUT2D eigenvalue weighted by Crippen LogP contribution is 2.39. The van der Waals surface area contributed by atoms with Crippen molar-refractivity contribution in [3.8, 4) is 17.3 Å². The molecule has 1 N–H and O–H groups in total. The maximum absolute atomic E-state index is 13.1. The van der Waals surface area contributed by atoms with E-state index in [1.807, 2.05) is 29.8 Å². The third-order valence-electron chi connectivity index (χ3n) is 7.35. The summed E-state index contributed by atoms with van der Waals surface area (Å²) in [5.41, 5.74) is 4.73. The van der Waals surface area contributed by atoms with Crippen molar-refractivity contribution in [3.05, 3.63) is 41.6 Å². The first-order valence-electron chi connectivity index (χ1n) is 13.1. The van der Waals surface area contributed by atoms with E-state index in [9.17, 15) is 14.3 Å². The van der Waals surface area contributed by atoms with Gasteiger partial charge in [0, 0.05) is 38.5 Å². The number of hydrogen-bond donors (Lipinski definition) is 1. The highest BCUT2D eigenvalue weighted by atomic mass is 19.1. The Balaban J connectivity index is 1.46. The van der Waals surface area contributed by atoms with Gasteiger partial charge in [-0.25, -0.2) is 9.97 Å². The lowest BCUT2D eigenvalue weighted by atomic mass is 10.0. The molecule has 1 atom stereocenters. The van der Waals surface area contributed by atoms with E-state index in [0.29, 0.717) is 42.9 Å². The Labute approximate surface area is 214 Å². The van der Waals surface area contributed by atoms with Crippen molar-refractivity contribution >= 4 is 28.0 Å². The summed E-state index contributed by atoms with van der Waals surface area (Å²) in [6, 6.07) is 9.97. The molecule has 0 saturated heterocycles. The van der Waals surface area contributed by atoms with E-state index in [1.165, 1.54) is 12.8 Å². The molecular weight excluding hydrogens is 473 g/mol. The number of fused-ring (bicyclic) bond motifs is 3. The van der Waals surface area contributed by atoms with E-state index in [2.05, 4.69) is 16.7 Å². The van der Waals surface area contributed by atoms with Gasteiger partial charge < -0.3 is 23.9 Å². The second kappa shape index (κ2) is 9.45. The number of alkyl halides is 1. The van der Waals surface area contributed by atoms with Crippen LogP contribution in [0.3, 0.4) is 0 Å². The molecular formula is C28H32FN5O3. The molecule has 1 aromatic carbocycles. The van der Waals surface area contributed by atoms with Crippen LogP contribution >= 0.6 is 0 Å². The van der Waals surface area contributed by atoms with E-state index in [4.69, 9.17) is 14.7 Å². The van der Waals surface area contributed by atoms with Crippen molar-refractivity contribution in [2.75, 3.05) is 26.4 Å². The standard InChI is InChI=1S/C28H32FN5O3/c1-17(35)16-37-24-6-3-5-19-13-23(34(25(19)24)15-18-7-8-18)27-31-22-14-20-21(30-26(22)32(27)2)9-12-33(28(20)36)11-4-10-29/h3,5-6,13-14,17-18,35H,4,7-12,15-16H2,1-2H3. The number of pyridine rings is 1. The number of aliphatic hydroxyl groups excluding tert-OH is 1. The minimum atomic E-state index is -0.561. The molecule has 2 aliphatic rings. The number of ether oxygens (including phenoxy) is 1. The lowest BCUT2D eigenvalue weighted by Crippen LogP contribution is -2.38. The molecule has 1 unspecified atom stereocenters. The first kappa shape index (κ1) is 23.9. The maximum Gasteiger partial charge on any atom is 0.255 e. The SMILES string of the molecule is CC(O)COc1cccc2cc(-c3nc4cc5c(nc4n3C)CCN(CCCF)C5=O)n(CC3CC3)c12. The fourth-order valence-electron chi connectivity index (χ4n) is 5.28. The number of halogens is 1. The Morgan fingerprint density at radius 3 is 2.84 bits per heavy atom. The number of aryl methyl sites for hydroxylation is 1. The van der Waals surface area contributed by atoms with Crippen molar-refractivity contribution in [1.29, 1.82) is 0 Å². The highest BCUT2D eigenvalue weighted by molar-refractivity contribution is 5.99. The van der Waals surface area contributed by atoms with Gasteiger partial charge in [-0.3, -0.25) is 9.18 Å². The van der Waals surface area contributed by atoms with Crippen molar-refractivity contribution in [3.63, 3.8) is 0 Å². The average molecular weight is 506 g/mol. The predicted molar refractivity (Wildman–Crippen MR) is 140 cm³/mol. The lowest BCUT2D eigenvalue weighted by molar-refractivity contribution is 0.0733. The lowest BCUT2D eigenvalue weighted by Gasteiger charge is -2.27. The molecule has 1 aliphatic carbocycles. The molecule has 1 aliphatic heterocycles. The molecule has 37 heavy (non-hydrogen) atoms. The van der Waals surface area contributed by atoms with Gasteiger partial charge in [-0.1, -0.05) is 12.1 Å². The Kier molecular flexibility index (Phi) is 6.10. The molecule has 3 aromatic heterocycles. The molecule has 1 fully saturated rings. The molecule has 0 spiro atoms. The molecule has 1 amide bonds. The number of aliphatic hydroxyl groups is 1. The fourth-order valence-corrected chi connectivity index (χ4v) is 5.28. The van der Waals surface area contributed by atoms with Gasteiger partial charge in [0.25, 0.3) is 5.91 Å². The van der Waals surface area contributed by atoms with Crippen LogP contribution in [0, 0.1) is 5.92 Å². The van der Waals surface area contributed by atoms with Crippen molar-refractivity contribution in [1.82, 2.24) is 24.0 Å². The summed E-state index contributed by atoms with van der Waals surface area (Å²) in [4.78, 5) is 24.6. The number of carbonyl (C=O) groups excluding carboxylic acids is 1. The van der Waals surface area contributed by atoms with Gasteiger partial charge in [-0.15, -0.1) is 0 Å². The van der Waals surface area contributed by atoms with Crippen LogP contribution in [-0.4, -0.2) is 67.5 Å². The van der Waals surface area contributed by atoms with Crippen molar-refractivity contribution < 1.29 is 19.0 Å². The zero-order valence-electron chi connectivity index (χ0n) is 21.3. The number of imidazole rings is 1.